The lowest BCUT2D eigenvalue weighted by Crippen LogP contribution is -2.40. The standard InChI is InChI=1S/C17H23BrN2O4/c1-17(2,3)24-16(22)20-8-6-7-11-9-12(10-13(18)14(11)20)15(21)19(4)23-5/h9-10H,6-8H2,1-5H3. The Morgan fingerprint density at radius 2 is 1.96 bits per heavy atom. The van der Waals surface area contributed by atoms with Gasteiger partial charge in [-0.15, -0.1) is 0 Å². The van der Waals surface area contributed by atoms with E-state index in [1.54, 1.807) is 18.0 Å². The second-order valence-electron chi connectivity index (χ2n) is 6.69. The molecule has 0 radical (unpaired) electrons. The van der Waals surface area contributed by atoms with Crippen molar-refractivity contribution in [2.75, 3.05) is 25.6 Å². The van der Waals surface area contributed by atoms with E-state index in [-0.39, 0.29) is 12.0 Å². The number of amides is 2. The maximum absolute atomic E-state index is 12.5. The van der Waals surface area contributed by atoms with E-state index >= 15 is 0 Å². The lowest BCUT2D eigenvalue weighted by molar-refractivity contribution is -0.0757. The second-order valence-corrected chi connectivity index (χ2v) is 7.54. The highest BCUT2D eigenvalue weighted by molar-refractivity contribution is 9.10. The van der Waals surface area contributed by atoms with Gasteiger partial charge in [-0.2, -0.15) is 0 Å². The Hall–Kier alpha value is -1.60. The third-order valence-corrected chi connectivity index (χ3v) is 4.27. The Labute approximate surface area is 150 Å². The molecule has 7 heteroatoms. The number of halogens is 1. The molecule has 0 aromatic heterocycles. The Bertz CT molecular complexity index is 655. The minimum Gasteiger partial charge on any atom is -0.443 e. The number of hydroxylamine groups is 2. The molecule has 0 atom stereocenters. The van der Waals surface area contributed by atoms with Crippen molar-refractivity contribution in [2.45, 2.75) is 39.2 Å². The van der Waals surface area contributed by atoms with Crippen molar-refractivity contribution in [3.8, 4) is 0 Å². The molecule has 0 bridgehead atoms. The minimum absolute atomic E-state index is 0.240. The second kappa shape index (κ2) is 7.11. The van der Waals surface area contributed by atoms with Gasteiger partial charge < -0.3 is 4.74 Å². The summed E-state index contributed by atoms with van der Waals surface area (Å²) in [6.45, 7) is 6.11. The smallest absolute Gasteiger partial charge is 0.414 e. The van der Waals surface area contributed by atoms with E-state index in [0.717, 1.165) is 24.1 Å². The van der Waals surface area contributed by atoms with E-state index in [0.29, 0.717) is 16.6 Å². The summed E-state index contributed by atoms with van der Waals surface area (Å²) in [5.74, 6) is -0.240. The molecule has 6 nitrogen and oxygen atoms in total. The SMILES string of the molecule is CON(C)C(=O)c1cc(Br)c2c(c1)CCCN2C(=O)OC(C)(C)C. The van der Waals surface area contributed by atoms with Gasteiger partial charge in [-0.25, -0.2) is 9.86 Å². The number of aryl methyl sites for hydroxylation is 1. The van der Waals surface area contributed by atoms with Gasteiger partial charge in [0.05, 0.1) is 12.8 Å². The highest BCUT2D eigenvalue weighted by Gasteiger charge is 2.30. The van der Waals surface area contributed by atoms with Crippen LogP contribution in [0, 0.1) is 0 Å². The van der Waals surface area contributed by atoms with Crippen molar-refractivity contribution in [1.82, 2.24) is 5.06 Å². The number of hydrogen-bond acceptors (Lipinski definition) is 4. The molecule has 2 rings (SSSR count). The predicted molar refractivity (Wildman–Crippen MR) is 95.1 cm³/mol. The first-order chi connectivity index (χ1) is 11.1. The zero-order valence-electron chi connectivity index (χ0n) is 14.7. The molecule has 0 spiro atoms. The van der Waals surface area contributed by atoms with Crippen LogP contribution in [0.1, 0.15) is 43.1 Å². The molecule has 1 aliphatic heterocycles. The first-order valence-corrected chi connectivity index (χ1v) is 8.58. The Morgan fingerprint density at radius 1 is 1.29 bits per heavy atom. The number of hydrogen-bond donors (Lipinski definition) is 0. The predicted octanol–water partition coefficient (Wildman–Crippen LogP) is 3.77. The number of fused-ring (bicyclic) bond motifs is 1. The molecular formula is C17H23BrN2O4. The van der Waals surface area contributed by atoms with Crippen molar-refractivity contribution in [3.05, 3.63) is 27.7 Å². The van der Waals surface area contributed by atoms with Gasteiger partial charge in [0.15, 0.2) is 0 Å². The molecule has 0 aliphatic carbocycles. The number of nitrogens with zero attached hydrogens (tertiary/aromatic N) is 2. The van der Waals surface area contributed by atoms with E-state index in [4.69, 9.17) is 9.57 Å². The molecule has 1 aromatic carbocycles. The van der Waals surface area contributed by atoms with Crippen LogP contribution >= 0.6 is 15.9 Å². The third kappa shape index (κ3) is 4.08. The largest absolute Gasteiger partial charge is 0.443 e. The van der Waals surface area contributed by atoms with Gasteiger partial charge in [0.1, 0.15) is 5.60 Å². The van der Waals surface area contributed by atoms with Gasteiger partial charge in [0, 0.05) is 23.6 Å². The van der Waals surface area contributed by atoms with Gasteiger partial charge in [-0.05, 0) is 67.2 Å². The summed E-state index contributed by atoms with van der Waals surface area (Å²) in [7, 11) is 3.00. The molecule has 1 aliphatic rings. The topological polar surface area (TPSA) is 59.1 Å². The Kier molecular flexibility index (Phi) is 5.55. The summed E-state index contributed by atoms with van der Waals surface area (Å²) < 4.78 is 6.19. The first-order valence-electron chi connectivity index (χ1n) is 7.79. The van der Waals surface area contributed by atoms with E-state index < -0.39 is 5.60 Å². The first kappa shape index (κ1) is 18.7. The van der Waals surface area contributed by atoms with Crippen LogP contribution in [-0.4, -0.2) is 43.4 Å². The number of carbonyl (C=O) groups excluding carboxylic acids is 2. The molecule has 0 saturated heterocycles. The zero-order chi connectivity index (χ0) is 18.1. The molecule has 0 fully saturated rings. The highest BCUT2D eigenvalue weighted by Crippen LogP contribution is 2.36. The van der Waals surface area contributed by atoms with Gasteiger partial charge in [-0.3, -0.25) is 14.5 Å². The quantitative estimate of drug-likeness (QED) is 0.711. The van der Waals surface area contributed by atoms with Gasteiger partial charge in [0.2, 0.25) is 0 Å². The summed E-state index contributed by atoms with van der Waals surface area (Å²) in [4.78, 5) is 31.4. The Balaban J connectivity index is 2.38. The number of benzene rings is 1. The monoisotopic (exact) mass is 398 g/mol. The minimum atomic E-state index is -0.557. The lowest BCUT2D eigenvalue weighted by atomic mass is 9.99. The third-order valence-electron chi connectivity index (χ3n) is 3.66. The van der Waals surface area contributed by atoms with Gasteiger partial charge in [0.25, 0.3) is 5.91 Å². The number of carbonyl (C=O) groups is 2. The van der Waals surface area contributed by atoms with Crippen LogP contribution in [0.5, 0.6) is 0 Å². The Morgan fingerprint density at radius 3 is 2.54 bits per heavy atom. The van der Waals surface area contributed by atoms with Crippen molar-refractivity contribution in [3.63, 3.8) is 0 Å². The summed E-state index contributed by atoms with van der Waals surface area (Å²) >= 11 is 3.50. The molecule has 0 unspecified atom stereocenters. The van der Waals surface area contributed by atoms with Crippen molar-refractivity contribution >= 4 is 33.6 Å². The lowest BCUT2D eigenvalue weighted by Gasteiger charge is -2.32. The van der Waals surface area contributed by atoms with Crippen LogP contribution in [0.15, 0.2) is 16.6 Å². The average molecular weight is 399 g/mol. The average Bonchev–Trinajstić information content (AvgIpc) is 2.50. The van der Waals surface area contributed by atoms with Gasteiger partial charge in [-0.1, -0.05) is 0 Å². The van der Waals surface area contributed by atoms with Crippen molar-refractivity contribution < 1.29 is 19.2 Å². The van der Waals surface area contributed by atoms with Crippen LogP contribution in [0.3, 0.4) is 0 Å². The highest BCUT2D eigenvalue weighted by atomic mass is 79.9. The maximum Gasteiger partial charge on any atom is 0.414 e. The molecule has 1 heterocycles. The normalized spacial score (nSPS) is 14.2. The summed E-state index contributed by atoms with van der Waals surface area (Å²) in [6.07, 6.45) is 1.24. The fourth-order valence-corrected chi connectivity index (χ4v) is 3.29. The number of anilines is 1. The molecule has 0 N–H and O–H groups in total. The zero-order valence-corrected chi connectivity index (χ0v) is 16.3. The molecule has 0 saturated carbocycles. The van der Waals surface area contributed by atoms with Crippen LogP contribution < -0.4 is 4.90 Å². The van der Waals surface area contributed by atoms with E-state index in [2.05, 4.69) is 15.9 Å². The van der Waals surface area contributed by atoms with Crippen LogP contribution in [0.4, 0.5) is 10.5 Å². The molecule has 132 valence electrons. The number of rotatable bonds is 2. The van der Waals surface area contributed by atoms with Crippen LogP contribution in [0.2, 0.25) is 0 Å². The van der Waals surface area contributed by atoms with E-state index in [1.165, 1.54) is 12.2 Å². The summed E-state index contributed by atoms with van der Waals surface area (Å²) in [5, 5.41) is 1.17. The molecule has 1 aromatic rings. The van der Waals surface area contributed by atoms with Crippen molar-refractivity contribution in [1.29, 1.82) is 0 Å². The maximum atomic E-state index is 12.5. The van der Waals surface area contributed by atoms with Crippen molar-refractivity contribution in [2.24, 2.45) is 0 Å². The van der Waals surface area contributed by atoms with E-state index in [1.807, 2.05) is 26.8 Å². The molecular weight excluding hydrogens is 376 g/mol. The number of ether oxygens (including phenoxy) is 1. The fourth-order valence-electron chi connectivity index (χ4n) is 2.58. The summed E-state index contributed by atoms with van der Waals surface area (Å²) in [6, 6.07) is 3.52. The van der Waals surface area contributed by atoms with Gasteiger partial charge >= 0.3 is 6.09 Å². The fraction of sp³-hybridized carbons (Fsp3) is 0.529. The van der Waals surface area contributed by atoms with Crippen LogP contribution in [0.25, 0.3) is 0 Å². The summed E-state index contributed by atoms with van der Waals surface area (Å²) in [5.41, 5.74) is 1.66. The van der Waals surface area contributed by atoms with Crippen LogP contribution in [-0.2, 0) is 16.0 Å². The molecule has 24 heavy (non-hydrogen) atoms. The van der Waals surface area contributed by atoms with E-state index in [9.17, 15) is 9.59 Å². The molecule has 2 amide bonds.